The number of pyridine rings is 1. The van der Waals surface area contributed by atoms with E-state index in [0.29, 0.717) is 13.1 Å². The van der Waals surface area contributed by atoms with E-state index >= 15 is 0 Å². The molecule has 1 heterocycles. The minimum absolute atomic E-state index is 0.0852. The van der Waals surface area contributed by atoms with Gasteiger partial charge in [0.1, 0.15) is 0 Å². The lowest BCUT2D eigenvalue weighted by molar-refractivity contribution is 0.517. The first-order valence-electron chi connectivity index (χ1n) is 6.55. The molecule has 7 heteroatoms. The molecule has 0 aliphatic carbocycles. The molecule has 1 N–H and O–H groups in total. The Morgan fingerprint density at radius 1 is 1.29 bits per heavy atom. The second-order valence-electron chi connectivity index (χ2n) is 4.88. The summed E-state index contributed by atoms with van der Waals surface area (Å²) in [6.07, 6.45) is 1.76. The third-order valence-corrected chi connectivity index (χ3v) is 5.73. The van der Waals surface area contributed by atoms with Crippen LogP contribution in [0.3, 0.4) is 0 Å². The Morgan fingerprint density at radius 2 is 2.05 bits per heavy atom. The summed E-state index contributed by atoms with van der Waals surface area (Å²) in [5, 5.41) is 4.22. The topological polar surface area (TPSA) is 62.3 Å². The van der Waals surface area contributed by atoms with Gasteiger partial charge in [0.15, 0.2) is 0 Å². The number of nitrogens with zero attached hydrogens (tertiary/aromatic N) is 2. The van der Waals surface area contributed by atoms with Gasteiger partial charge in [-0.15, -0.1) is 0 Å². The van der Waals surface area contributed by atoms with Gasteiger partial charge in [0.25, 0.3) is 0 Å². The molecule has 0 aliphatic rings. The van der Waals surface area contributed by atoms with Gasteiger partial charge in [-0.05, 0) is 17.7 Å². The average molecular weight is 372 g/mol. The molecule has 21 heavy (non-hydrogen) atoms. The van der Waals surface area contributed by atoms with Crippen molar-refractivity contribution in [2.45, 2.75) is 6.54 Å². The summed E-state index contributed by atoms with van der Waals surface area (Å²) in [6, 6.07) is 7.88. The summed E-state index contributed by atoms with van der Waals surface area (Å²) in [6.45, 7) is 0.995. The lowest BCUT2D eigenvalue weighted by Gasteiger charge is -2.12. The zero-order chi connectivity index (χ0) is 15.5. The largest absolute Gasteiger partial charge is 0.312 e. The van der Waals surface area contributed by atoms with Crippen molar-refractivity contribution in [3.63, 3.8) is 0 Å². The van der Waals surface area contributed by atoms with Crippen LogP contribution in [0.5, 0.6) is 0 Å². The van der Waals surface area contributed by atoms with Gasteiger partial charge in [-0.1, -0.05) is 28.1 Å². The highest BCUT2D eigenvalue weighted by Crippen LogP contribution is 2.24. The van der Waals surface area contributed by atoms with Crippen molar-refractivity contribution in [3.8, 4) is 0 Å². The van der Waals surface area contributed by atoms with E-state index in [1.807, 2.05) is 24.3 Å². The van der Waals surface area contributed by atoms with Crippen LogP contribution >= 0.6 is 15.9 Å². The number of halogens is 1. The van der Waals surface area contributed by atoms with Gasteiger partial charge in [0, 0.05) is 43.2 Å². The summed E-state index contributed by atoms with van der Waals surface area (Å²) in [4.78, 5) is 4.40. The van der Waals surface area contributed by atoms with E-state index in [4.69, 9.17) is 0 Å². The molecule has 0 saturated carbocycles. The van der Waals surface area contributed by atoms with E-state index in [9.17, 15) is 8.42 Å². The van der Waals surface area contributed by atoms with Crippen LogP contribution in [0.1, 0.15) is 5.56 Å². The normalized spacial score (nSPS) is 12.2. The third kappa shape index (κ3) is 4.00. The maximum atomic E-state index is 11.7. The van der Waals surface area contributed by atoms with E-state index in [-0.39, 0.29) is 5.75 Å². The Labute approximate surface area is 133 Å². The maximum Gasteiger partial charge on any atom is 0.214 e. The molecule has 2 aromatic rings. The van der Waals surface area contributed by atoms with E-state index in [0.717, 1.165) is 20.9 Å². The van der Waals surface area contributed by atoms with Gasteiger partial charge in [-0.3, -0.25) is 4.98 Å². The van der Waals surface area contributed by atoms with Gasteiger partial charge < -0.3 is 5.32 Å². The van der Waals surface area contributed by atoms with Crippen LogP contribution in [0.2, 0.25) is 0 Å². The van der Waals surface area contributed by atoms with Gasteiger partial charge in [-0.2, -0.15) is 0 Å². The van der Waals surface area contributed by atoms with Crippen LogP contribution in [0.15, 0.2) is 34.9 Å². The highest BCUT2D eigenvalue weighted by atomic mass is 79.9. The van der Waals surface area contributed by atoms with E-state index in [1.165, 1.54) is 4.31 Å². The summed E-state index contributed by atoms with van der Waals surface area (Å²) in [7, 11) is -0.0679. The highest BCUT2D eigenvalue weighted by molar-refractivity contribution is 9.10. The zero-order valence-corrected chi connectivity index (χ0v) is 14.4. The number of nitrogens with one attached hydrogen (secondary N) is 1. The minimum atomic E-state index is -3.15. The summed E-state index contributed by atoms with van der Waals surface area (Å²) >= 11 is 3.51. The van der Waals surface area contributed by atoms with Crippen LogP contribution in [0.25, 0.3) is 10.9 Å². The molecule has 0 saturated heterocycles. The molecule has 0 unspecified atom stereocenters. The smallest absolute Gasteiger partial charge is 0.214 e. The molecule has 0 fully saturated rings. The second kappa shape index (κ2) is 6.83. The number of aromatic nitrogens is 1. The third-order valence-electron chi connectivity index (χ3n) is 3.21. The van der Waals surface area contributed by atoms with Crippen molar-refractivity contribution in [1.82, 2.24) is 14.6 Å². The van der Waals surface area contributed by atoms with Crippen molar-refractivity contribution >= 4 is 36.9 Å². The fourth-order valence-electron chi connectivity index (χ4n) is 1.95. The van der Waals surface area contributed by atoms with Crippen molar-refractivity contribution in [2.75, 3.05) is 26.4 Å². The van der Waals surface area contributed by atoms with E-state index < -0.39 is 10.0 Å². The predicted octanol–water partition coefficient (Wildman–Crippen LogP) is 1.98. The fourth-order valence-corrected chi connectivity index (χ4v) is 3.17. The van der Waals surface area contributed by atoms with Gasteiger partial charge in [-0.25, -0.2) is 12.7 Å². The zero-order valence-electron chi connectivity index (χ0n) is 12.0. The number of sulfonamides is 1. The molecule has 1 aromatic heterocycles. The minimum Gasteiger partial charge on any atom is -0.312 e. The molecule has 114 valence electrons. The molecule has 0 radical (unpaired) electrons. The lowest BCUT2D eigenvalue weighted by atomic mass is 10.1. The van der Waals surface area contributed by atoms with Crippen molar-refractivity contribution in [3.05, 3.63) is 40.5 Å². The average Bonchev–Trinajstić information content (AvgIpc) is 2.46. The predicted molar refractivity (Wildman–Crippen MR) is 88.6 cm³/mol. The molecular weight excluding hydrogens is 354 g/mol. The summed E-state index contributed by atoms with van der Waals surface area (Å²) < 4.78 is 25.6. The van der Waals surface area contributed by atoms with Crippen molar-refractivity contribution in [2.24, 2.45) is 0 Å². The van der Waals surface area contributed by atoms with Crippen molar-refractivity contribution < 1.29 is 8.42 Å². The first-order valence-corrected chi connectivity index (χ1v) is 8.95. The Kier molecular flexibility index (Phi) is 5.32. The molecule has 0 bridgehead atoms. The van der Waals surface area contributed by atoms with Gasteiger partial charge >= 0.3 is 0 Å². The highest BCUT2D eigenvalue weighted by Gasteiger charge is 2.12. The Balaban J connectivity index is 2.04. The monoisotopic (exact) mass is 371 g/mol. The quantitative estimate of drug-likeness (QED) is 0.788. The molecular formula is C14H18BrN3O2S. The molecule has 0 atom stereocenters. The Hall–Kier alpha value is -1.02. The molecule has 0 spiro atoms. The second-order valence-corrected chi connectivity index (χ2v) is 8.04. The van der Waals surface area contributed by atoms with Crippen LogP contribution in [-0.4, -0.2) is 44.1 Å². The van der Waals surface area contributed by atoms with Crippen LogP contribution < -0.4 is 5.32 Å². The molecule has 0 aliphatic heterocycles. The first kappa shape index (κ1) is 16.4. The van der Waals surface area contributed by atoms with Crippen LogP contribution in [0, 0.1) is 0 Å². The molecule has 0 amide bonds. The molecule has 2 rings (SSSR count). The Bertz CT molecular complexity index is 732. The van der Waals surface area contributed by atoms with Crippen LogP contribution in [0.4, 0.5) is 0 Å². The first-order chi connectivity index (χ1) is 9.92. The number of rotatable bonds is 6. The van der Waals surface area contributed by atoms with Crippen LogP contribution in [-0.2, 0) is 16.6 Å². The number of benzene rings is 1. The van der Waals surface area contributed by atoms with Gasteiger partial charge in [0.2, 0.25) is 10.0 Å². The van der Waals surface area contributed by atoms with E-state index in [2.05, 4.69) is 26.2 Å². The SMILES string of the molecule is CN(C)S(=O)(=O)CCNCc1ccc(Br)c2cccnc12. The number of hydrogen-bond donors (Lipinski definition) is 1. The summed E-state index contributed by atoms with van der Waals surface area (Å²) in [5.74, 6) is 0.0852. The number of fused-ring (bicyclic) bond motifs is 1. The van der Waals surface area contributed by atoms with E-state index in [1.54, 1.807) is 20.3 Å². The molecule has 5 nitrogen and oxygen atoms in total. The standard InChI is InChI=1S/C14H18BrN3O2S/c1-18(2)21(19,20)9-8-16-10-11-5-6-13(15)12-4-3-7-17-14(11)12/h3-7,16H,8-10H2,1-2H3. The Morgan fingerprint density at radius 3 is 2.76 bits per heavy atom. The summed E-state index contributed by atoms with van der Waals surface area (Å²) in [5.41, 5.74) is 1.98. The maximum absolute atomic E-state index is 11.7. The van der Waals surface area contributed by atoms with Gasteiger partial charge in [0.05, 0.1) is 11.3 Å². The number of hydrogen-bond acceptors (Lipinski definition) is 4. The molecule has 1 aromatic carbocycles. The van der Waals surface area contributed by atoms with Crippen molar-refractivity contribution in [1.29, 1.82) is 0 Å². The lowest BCUT2D eigenvalue weighted by Crippen LogP contribution is -2.31. The fraction of sp³-hybridized carbons (Fsp3) is 0.357.